The van der Waals surface area contributed by atoms with Gasteiger partial charge in [-0.15, -0.1) is 0 Å². The summed E-state index contributed by atoms with van der Waals surface area (Å²) in [5.74, 6) is 0.366. The van der Waals surface area contributed by atoms with Gasteiger partial charge in [-0.3, -0.25) is 4.79 Å². The van der Waals surface area contributed by atoms with Crippen LogP contribution in [0.5, 0.6) is 11.5 Å². The maximum atomic E-state index is 10.9. The molecule has 1 aromatic heterocycles. The minimum absolute atomic E-state index is 0.0535. The molecule has 7 heteroatoms. The van der Waals surface area contributed by atoms with Gasteiger partial charge in [-0.25, -0.2) is 4.68 Å². The number of carbonyl (C=O) groups is 1. The molecular weight excluding hydrogens is 488 g/mol. The molecule has 0 aliphatic heterocycles. The molecule has 3 aromatic carbocycles. The van der Waals surface area contributed by atoms with E-state index in [4.69, 9.17) is 9.84 Å². The lowest BCUT2D eigenvalue weighted by Gasteiger charge is -2.11. The maximum absolute atomic E-state index is 10.9. The Bertz CT molecular complexity index is 1150. The van der Waals surface area contributed by atoms with Crippen LogP contribution in [0.25, 0.3) is 16.6 Å². The predicted octanol–water partition coefficient (Wildman–Crippen LogP) is 5.97. The van der Waals surface area contributed by atoms with Gasteiger partial charge in [-0.1, -0.05) is 18.2 Å². The van der Waals surface area contributed by atoms with Gasteiger partial charge in [0.1, 0.15) is 5.75 Å². The molecule has 0 atom stereocenters. The van der Waals surface area contributed by atoms with E-state index in [0.29, 0.717) is 26.0 Å². The Labute approximate surface area is 177 Å². The van der Waals surface area contributed by atoms with Crippen molar-refractivity contribution in [3.63, 3.8) is 0 Å². The minimum atomic E-state index is -0.881. The van der Waals surface area contributed by atoms with Crippen LogP contribution in [0.3, 0.4) is 0 Å². The number of carboxylic acids is 1. The number of aliphatic carboxylic acids is 1. The average Bonchev–Trinajstić information content (AvgIpc) is 3.08. The summed E-state index contributed by atoms with van der Waals surface area (Å²) in [6, 6.07) is 19.1. The molecule has 4 aromatic rings. The Hall–Kier alpha value is -2.64. The highest BCUT2D eigenvalue weighted by Crippen LogP contribution is 2.38. The van der Waals surface area contributed by atoms with Crippen molar-refractivity contribution in [2.45, 2.75) is 6.42 Å². The topological polar surface area (TPSA) is 64.3 Å². The summed E-state index contributed by atoms with van der Waals surface area (Å²) in [6.07, 6.45) is 1.90. The molecule has 0 saturated heterocycles. The molecule has 0 aliphatic carbocycles. The number of benzene rings is 3. The fourth-order valence-electron chi connectivity index (χ4n) is 2.88. The minimum Gasteiger partial charge on any atom is -0.481 e. The normalized spacial score (nSPS) is 10.9. The van der Waals surface area contributed by atoms with Crippen LogP contribution in [0.15, 0.2) is 75.8 Å². The first-order valence-electron chi connectivity index (χ1n) is 8.42. The van der Waals surface area contributed by atoms with Crippen molar-refractivity contribution in [3.8, 4) is 17.2 Å². The van der Waals surface area contributed by atoms with Gasteiger partial charge >= 0.3 is 5.97 Å². The van der Waals surface area contributed by atoms with Crippen LogP contribution in [0, 0.1) is 0 Å². The number of halogens is 2. The van der Waals surface area contributed by atoms with Gasteiger partial charge < -0.3 is 9.84 Å². The van der Waals surface area contributed by atoms with Crippen molar-refractivity contribution >= 4 is 48.7 Å². The molecule has 0 spiro atoms. The van der Waals surface area contributed by atoms with Gasteiger partial charge in [0.15, 0.2) is 5.75 Å². The molecule has 4 rings (SSSR count). The summed E-state index contributed by atoms with van der Waals surface area (Å²) >= 11 is 6.93. The molecular formula is C21H14Br2N2O3. The molecule has 0 unspecified atom stereocenters. The fraction of sp³-hybridized carbons (Fsp3) is 0.0476. The lowest BCUT2D eigenvalue weighted by atomic mass is 10.1. The Balaban J connectivity index is 1.64. The van der Waals surface area contributed by atoms with Crippen LogP contribution >= 0.6 is 31.9 Å². The second-order valence-corrected chi connectivity index (χ2v) is 7.90. The first-order chi connectivity index (χ1) is 13.5. The van der Waals surface area contributed by atoms with Crippen LogP contribution in [0.1, 0.15) is 5.56 Å². The Morgan fingerprint density at radius 3 is 2.43 bits per heavy atom. The summed E-state index contributed by atoms with van der Waals surface area (Å²) in [4.78, 5) is 10.9. The van der Waals surface area contributed by atoms with E-state index in [1.807, 2.05) is 59.4 Å². The molecule has 0 aliphatic rings. The third-order valence-corrected chi connectivity index (χ3v) is 5.31. The SMILES string of the molecule is O=C(O)Cc1cc(Br)c(Oc2ccc3nn(-c4ccccc4)cc3c2)c(Br)c1. The number of rotatable bonds is 5. The van der Waals surface area contributed by atoms with Gasteiger partial charge in [-0.05, 0) is 79.9 Å². The van der Waals surface area contributed by atoms with Crippen molar-refractivity contribution in [3.05, 3.63) is 81.4 Å². The van der Waals surface area contributed by atoms with E-state index in [1.165, 1.54) is 0 Å². The molecule has 1 N–H and O–H groups in total. The number of fused-ring (bicyclic) bond motifs is 1. The van der Waals surface area contributed by atoms with E-state index in [1.54, 1.807) is 12.1 Å². The summed E-state index contributed by atoms with van der Waals surface area (Å²) in [5.41, 5.74) is 2.53. The van der Waals surface area contributed by atoms with E-state index in [9.17, 15) is 4.79 Å². The smallest absolute Gasteiger partial charge is 0.307 e. The second-order valence-electron chi connectivity index (χ2n) is 6.19. The lowest BCUT2D eigenvalue weighted by Crippen LogP contribution is -2.00. The van der Waals surface area contributed by atoms with Crippen LogP contribution in [0.4, 0.5) is 0 Å². The van der Waals surface area contributed by atoms with E-state index >= 15 is 0 Å². The van der Waals surface area contributed by atoms with Crippen LogP contribution < -0.4 is 4.74 Å². The lowest BCUT2D eigenvalue weighted by molar-refractivity contribution is -0.136. The third kappa shape index (κ3) is 3.95. The van der Waals surface area contributed by atoms with Gasteiger partial charge in [0, 0.05) is 11.6 Å². The highest BCUT2D eigenvalue weighted by molar-refractivity contribution is 9.11. The molecule has 0 saturated carbocycles. The van der Waals surface area contributed by atoms with E-state index in [2.05, 4.69) is 37.0 Å². The molecule has 1 heterocycles. The van der Waals surface area contributed by atoms with Crippen molar-refractivity contribution in [1.82, 2.24) is 9.78 Å². The first-order valence-corrected chi connectivity index (χ1v) is 10.0. The number of carboxylic acid groups (broad SMARTS) is 1. The van der Waals surface area contributed by atoms with Gasteiger partial charge in [-0.2, -0.15) is 5.10 Å². The van der Waals surface area contributed by atoms with Crippen molar-refractivity contribution in [2.24, 2.45) is 0 Å². The van der Waals surface area contributed by atoms with Crippen molar-refractivity contribution < 1.29 is 14.6 Å². The highest BCUT2D eigenvalue weighted by atomic mass is 79.9. The van der Waals surface area contributed by atoms with E-state index in [0.717, 1.165) is 16.6 Å². The zero-order valence-corrected chi connectivity index (χ0v) is 17.6. The number of hydrogen-bond donors (Lipinski definition) is 1. The first kappa shape index (κ1) is 18.7. The summed E-state index contributed by atoms with van der Waals surface area (Å²) in [5, 5.41) is 14.5. The molecule has 0 amide bonds. The zero-order valence-electron chi connectivity index (χ0n) is 14.5. The summed E-state index contributed by atoms with van der Waals surface area (Å²) < 4.78 is 9.24. The summed E-state index contributed by atoms with van der Waals surface area (Å²) in [6.45, 7) is 0. The van der Waals surface area contributed by atoms with Crippen molar-refractivity contribution in [1.29, 1.82) is 0 Å². The van der Waals surface area contributed by atoms with Crippen LogP contribution in [-0.4, -0.2) is 20.9 Å². The fourth-order valence-corrected chi connectivity index (χ4v) is 4.33. The molecule has 28 heavy (non-hydrogen) atoms. The average molecular weight is 502 g/mol. The summed E-state index contributed by atoms with van der Waals surface area (Å²) in [7, 11) is 0. The molecule has 0 fully saturated rings. The monoisotopic (exact) mass is 500 g/mol. The standard InChI is InChI=1S/C21H14Br2N2O3/c22-17-8-13(10-20(26)27)9-18(23)21(17)28-16-6-7-19-14(11-16)12-25(24-19)15-4-2-1-3-5-15/h1-9,11-12H,10H2,(H,26,27). The highest BCUT2D eigenvalue weighted by Gasteiger charge is 2.13. The number of nitrogens with zero attached hydrogens (tertiary/aromatic N) is 2. The number of ether oxygens (including phenoxy) is 1. The van der Waals surface area contributed by atoms with Gasteiger partial charge in [0.05, 0.1) is 26.6 Å². The molecule has 0 radical (unpaired) electrons. The molecule has 140 valence electrons. The van der Waals surface area contributed by atoms with Crippen molar-refractivity contribution in [2.75, 3.05) is 0 Å². The Kier molecular flexibility index (Phi) is 5.19. The largest absolute Gasteiger partial charge is 0.481 e. The third-order valence-electron chi connectivity index (χ3n) is 4.13. The zero-order chi connectivity index (χ0) is 19.7. The number of para-hydroxylation sites is 1. The second kappa shape index (κ2) is 7.77. The van der Waals surface area contributed by atoms with E-state index < -0.39 is 5.97 Å². The van der Waals surface area contributed by atoms with Crippen LogP contribution in [-0.2, 0) is 11.2 Å². The molecule has 5 nitrogen and oxygen atoms in total. The Morgan fingerprint density at radius 2 is 1.75 bits per heavy atom. The predicted molar refractivity (Wildman–Crippen MR) is 114 cm³/mol. The quantitative estimate of drug-likeness (QED) is 0.366. The van der Waals surface area contributed by atoms with Crippen LogP contribution in [0.2, 0.25) is 0 Å². The van der Waals surface area contributed by atoms with Gasteiger partial charge in [0.2, 0.25) is 0 Å². The van der Waals surface area contributed by atoms with E-state index in [-0.39, 0.29) is 6.42 Å². The number of hydrogen-bond acceptors (Lipinski definition) is 3. The van der Waals surface area contributed by atoms with Gasteiger partial charge in [0.25, 0.3) is 0 Å². The Morgan fingerprint density at radius 1 is 1.04 bits per heavy atom. The number of aromatic nitrogens is 2. The maximum Gasteiger partial charge on any atom is 0.307 e. The molecule has 0 bridgehead atoms.